The first-order chi connectivity index (χ1) is 10.7. The summed E-state index contributed by atoms with van der Waals surface area (Å²) in [4.78, 5) is 23.3. The minimum Gasteiger partial charge on any atom is -0.459 e. The third-order valence-corrected chi connectivity index (χ3v) is 3.74. The Morgan fingerprint density at radius 1 is 1.36 bits per heavy atom. The monoisotopic (exact) mass is 322 g/mol. The van der Waals surface area contributed by atoms with Crippen LogP contribution in [0.4, 0.5) is 5.13 Å². The summed E-state index contributed by atoms with van der Waals surface area (Å²) in [5.74, 6) is -0.321. The largest absolute Gasteiger partial charge is 0.459 e. The fraction of sp³-hybridized carbons (Fsp3) is 0.429. The zero-order valence-electron chi connectivity index (χ0n) is 12.3. The van der Waals surface area contributed by atoms with E-state index in [1.54, 1.807) is 12.1 Å². The van der Waals surface area contributed by atoms with Gasteiger partial charge in [0.2, 0.25) is 11.0 Å². The van der Waals surface area contributed by atoms with Crippen molar-refractivity contribution in [2.75, 3.05) is 11.9 Å². The number of nitrogens with one attached hydrogen (secondary N) is 2. The molecule has 2 N–H and O–H groups in total. The van der Waals surface area contributed by atoms with Gasteiger partial charge in [-0.3, -0.25) is 9.59 Å². The Morgan fingerprint density at radius 3 is 2.95 bits per heavy atom. The number of rotatable bonds is 8. The predicted octanol–water partition coefficient (Wildman–Crippen LogP) is 2.23. The van der Waals surface area contributed by atoms with Crippen LogP contribution in [0.1, 0.15) is 41.7 Å². The SMILES string of the molecule is CCCCc1nnc(NC(=O)CCNC(=O)c2ccco2)s1. The number of carbonyl (C=O) groups is 2. The van der Waals surface area contributed by atoms with Crippen molar-refractivity contribution < 1.29 is 14.0 Å². The van der Waals surface area contributed by atoms with E-state index < -0.39 is 0 Å². The molecule has 2 aromatic heterocycles. The highest BCUT2D eigenvalue weighted by molar-refractivity contribution is 7.15. The lowest BCUT2D eigenvalue weighted by Crippen LogP contribution is -2.27. The van der Waals surface area contributed by atoms with Crippen LogP contribution >= 0.6 is 11.3 Å². The topological polar surface area (TPSA) is 97.1 Å². The molecule has 8 heteroatoms. The van der Waals surface area contributed by atoms with Crippen molar-refractivity contribution in [1.82, 2.24) is 15.5 Å². The number of aryl methyl sites for hydroxylation is 1. The fourth-order valence-corrected chi connectivity index (χ4v) is 2.50. The Kier molecular flexibility index (Phi) is 6.08. The van der Waals surface area contributed by atoms with Gasteiger partial charge in [-0.2, -0.15) is 0 Å². The molecule has 0 aliphatic heterocycles. The summed E-state index contributed by atoms with van der Waals surface area (Å²) in [5.41, 5.74) is 0. The molecule has 0 aliphatic carbocycles. The van der Waals surface area contributed by atoms with Crippen LogP contribution in [0, 0.1) is 0 Å². The molecule has 2 rings (SSSR count). The Balaban J connectivity index is 1.69. The molecule has 0 saturated heterocycles. The van der Waals surface area contributed by atoms with E-state index in [0.29, 0.717) is 5.13 Å². The molecule has 0 aliphatic rings. The first-order valence-electron chi connectivity index (χ1n) is 7.13. The van der Waals surface area contributed by atoms with Crippen LogP contribution in [0.3, 0.4) is 0 Å². The molecular formula is C14H18N4O3S. The van der Waals surface area contributed by atoms with Crippen molar-refractivity contribution in [2.24, 2.45) is 0 Å². The normalized spacial score (nSPS) is 10.4. The number of nitrogens with zero attached hydrogens (tertiary/aromatic N) is 2. The summed E-state index contributed by atoms with van der Waals surface area (Å²) in [6.07, 6.45) is 4.62. The molecule has 0 bridgehead atoms. The molecule has 0 fully saturated rings. The van der Waals surface area contributed by atoms with Crippen LogP contribution in [0.15, 0.2) is 22.8 Å². The van der Waals surface area contributed by atoms with Gasteiger partial charge in [-0.25, -0.2) is 0 Å². The minimum atomic E-state index is -0.337. The lowest BCUT2D eigenvalue weighted by Gasteiger charge is -2.03. The Hall–Kier alpha value is -2.22. The van der Waals surface area contributed by atoms with E-state index in [2.05, 4.69) is 27.8 Å². The van der Waals surface area contributed by atoms with Crippen molar-refractivity contribution in [3.05, 3.63) is 29.2 Å². The maximum Gasteiger partial charge on any atom is 0.286 e. The molecule has 118 valence electrons. The van der Waals surface area contributed by atoms with Gasteiger partial charge in [-0.15, -0.1) is 10.2 Å². The summed E-state index contributed by atoms with van der Waals surface area (Å²) < 4.78 is 4.95. The molecule has 2 amide bonds. The zero-order valence-corrected chi connectivity index (χ0v) is 13.1. The number of furan rings is 1. The van der Waals surface area contributed by atoms with E-state index in [4.69, 9.17) is 4.42 Å². The fourth-order valence-electron chi connectivity index (χ4n) is 1.70. The van der Waals surface area contributed by atoms with Crippen molar-refractivity contribution in [1.29, 1.82) is 0 Å². The van der Waals surface area contributed by atoms with Gasteiger partial charge in [0.25, 0.3) is 5.91 Å². The van der Waals surface area contributed by atoms with E-state index in [9.17, 15) is 9.59 Å². The van der Waals surface area contributed by atoms with Gasteiger partial charge >= 0.3 is 0 Å². The second-order valence-electron chi connectivity index (χ2n) is 4.64. The van der Waals surface area contributed by atoms with Gasteiger partial charge in [0.05, 0.1) is 6.26 Å². The van der Waals surface area contributed by atoms with Crippen molar-refractivity contribution >= 4 is 28.3 Å². The second-order valence-corrected chi connectivity index (χ2v) is 5.70. The van der Waals surface area contributed by atoms with Crippen molar-refractivity contribution in [3.63, 3.8) is 0 Å². The first-order valence-corrected chi connectivity index (χ1v) is 7.94. The van der Waals surface area contributed by atoms with Crippen molar-refractivity contribution in [2.45, 2.75) is 32.6 Å². The van der Waals surface area contributed by atoms with E-state index in [0.717, 1.165) is 24.3 Å². The van der Waals surface area contributed by atoms with Crippen LogP contribution in [0.5, 0.6) is 0 Å². The lowest BCUT2D eigenvalue weighted by molar-refractivity contribution is -0.116. The van der Waals surface area contributed by atoms with E-state index in [1.165, 1.54) is 17.6 Å². The van der Waals surface area contributed by atoms with Crippen LogP contribution in [0.25, 0.3) is 0 Å². The van der Waals surface area contributed by atoms with Crippen LogP contribution in [0.2, 0.25) is 0 Å². The highest BCUT2D eigenvalue weighted by Crippen LogP contribution is 2.17. The number of anilines is 1. The summed E-state index contributed by atoms with van der Waals surface area (Å²) in [5, 5.41) is 14.6. The first kappa shape index (κ1) is 16.2. The summed E-state index contributed by atoms with van der Waals surface area (Å²) in [6.45, 7) is 2.34. The smallest absolute Gasteiger partial charge is 0.286 e. The lowest BCUT2D eigenvalue weighted by atomic mass is 10.3. The molecule has 22 heavy (non-hydrogen) atoms. The van der Waals surface area contributed by atoms with Gasteiger partial charge in [-0.1, -0.05) is 24.7 Å². The number of amides is 2. The van der Waals surface area contributed by atoms with Crippen LogP contribution < -0.4 is 10.6 Å². The average Bonchev–Trinajstić information content (AvgIpc) is 3.16. The van der Waals surface area contributed by atoms with E-state index in [1.807, 2.05) is 0 Å². The quantitative estimate of drug-likeness (QED) is 0.777. The molecular weight excluding hydrogens is 304 g/mol. The molecule has 0 aromatic carbocycles. The standard InChI is InChI=1S/C14H18N4O3S/c1-2-3-6-12-17-18-14(22-12)16-11(19)7-8-15-13(20)10-5-4-9-21-10/h4-5,9H,2-3,6-8H2,1H3,(H,15,20)(H,16,18,19). The third kappa shape index (κ3) is 4.96. The van der Waals surface area contributed by atoms with Gasteiger partial charge in [-0.05, 0) is 18.6 Å². The minimum absolute atomic E-state index is 0.163. The molecule has 0 unspecified atom stereocenters. The van der Waals surface area contributed by atoms with Crippen LogP contribution in [-0.4, -0.2) is 28.6 Å². The molecule has 0 spiro atoms. The Bertz CT molecular complexity index is 609. The molecule has 2 aromatic rings. The highest BCUT2D eigenvalue weighted by atomic mass is 32.1. The number of hydrogen-bond donors (Lipinski definition) is 2. The molecule has 7 nitrogen and oxygen atoms in total. The number of aromatic nitrogens is 2. The summed E-state index contributed by atoms with van der Waals surface area (Å²) in [6, 6.07) is 3.20. The highest BCUT2D eigenvalue weighted by Gasteiger charge is 2.10. The predicted molar refractivity (Wildman–Crippen MR) is 82.8 cm³/mol. The van der Waals surface area contributed by atoms with Gasteiger partial charge < -0.3 is 15.1 Å². The van der Waals surface area contributed by atoms with Crippen LogP contribution in [-0.2, 0) is 11.2 Å². The zero-order chi connectivity index (χ0) is 15.8. The number of hydrogen-bond acceptors (Lipinski definition) is 6. The second kappa shape index (κ2) is 8.28. The third-order valence-electron chi connectivity index (χ3n) is 2.84. The molecule has 0 radical (unpaired) electrons. The van der Waals surface area contributed by atoms with Gasteiger partial charge in [0.15, 0.2) is 5.76 Å². The molecule has 2 heterocycles. The maximum absolute atomic E-state index is 11.8. The van der Waals surface area contributed by atoms with E-state index >= 15 is 0 Å². The Labute approximate surface area is 132 Å². The maximum atomic E-state index is 11.8. The Morgan fingerprint density at radius 2 is 2.23 bits per heavy atom. The van der Waals surface area contributed by atoms with Crippen molar-refractivity contribution in [3.8, 4) is 0 Å². The van der Waals surface area contributed by atoms with Gasteiger partial charge in [0.1, 0.15) is 5.01 Å². The number of unbranched alkanes of at least 4 members (excludes halogenated alkanes) is 1. The average molecular weight is 322 g/mol. The summed E-state index contributed by atoms with van der Waals surface area (Å²) in [7, 11) is 0. The molecule has 0 saturated carbocycles. The summed E-state index contributed by atoms with van der Waals surface area (Å²) >= 11 is 1.38. The van der Waals surface area contributed by atoms with E-state index in [-0.39, 0.29) is 30.5 Å². The molecule has 0 atom stereocenters. The van der Waals surface area contributed by atoms with Gasteiger partial charge in [0, 0.05) is 19.4 Å². The number of carbonyl (C=O) groups excluding carboxylic acids is 2.